The van der Waals surface area contributed by atoms with E-state index in [1.165, 1.54) is 0 Å². The number of hydrogen-bond acceptors (Lipinski definition) is 6. The van der Waals surface area contributed by atoms with Gasteiger partial charge in [-0.3, -0.25) is 0 Å². The van der Waals surface area contributed by atoms with Gasteiger partial charge in [-0.15, -0.1) is 0 Å². The molecule has 128 valence electrons. The molecule has 0 aromatic rings. The van der Waals surface area contributed by atoms with Crippen molar-refractivity contribution in [3.8, 4) is 0 Å². The van der Waals surface area contributed by atoms with Crippen LogP contribution < -0.4 is 0 Å². The molecule has 0 bridgehead atoms. The standard InChI is InChI=1S/C9H29IO6Si5/c1-17(2,11)13-19(5,6)15-21(9,10)16-20(7,8)14-18(3,4)12/h11-12H,1-9H3. The highest BCUT2D eigenvalue weighted by molar-refractivity contribution is 14.1. The molecule has 6 nitrogen and oxygen atoms in total. The summed E-state index contributed by atoms with van der Waals surface area (Å²) in [6.07, 6.45) is 0. The topological polar surface area (TPSA) is 77.4 Å². The SMILES string of the molecule is C[Si](C)(O)O[Si](C)(C)O[Si](C)(I)O[Si](C)(C)O[Si](C)(C)O. The van der Waals surface area contributed by atoms with Crippen molar-refractivity contribution in [2.45, 2.75) is 58.9 Å². The minimum Gasteiger partial charge on any atom is -0.415 e. The van der Waals surface area contributed by atoms with Crippen LogP contribution in [0.2, 0.25) is 58.9 Å². The van der Waals surface area contributed by atoms with Gasteiger partial charge in [-0.2, -0.15) is 0 Å². The maximum atomic E-state index is 9.94. The molecule has 0 fully saturated rings. The summed E-state index contributed by atoms with van der Waals surface area (Å²) >= 11 is 2.20. The number of halogens is 1. The first-order valence-electron chi connectivity index (χ1n) is 6.77. The molecule has 0 saturated carbocycles. The molecule has 0 rings (SSSR count). The van der Waals surface area contributed by atoms with E-state index in [0.29, 0.717) is 0 Å². The zero-order valence-corrected chi connectivity index (χ0v) is 21.6. The van der Waals surface area contributed by atoms with Crippen LogP contribution in [0.5, 0.6) is 0 Å². The Bertz CT molecular complexity index is 320. The minimum absolute atomic E-state index is 1.72. The van der Waals surface area contributed by atoms with Gasteiger partial charge in [0.15, 0.2) is 0 Å². The Labute approximate surface area is 146 Å². The van der Waals surface area contributed by atoms with Crippen molar-refractivity contribution in [3.05, 3.63) is 0 Å². The van der Waals surface area contributed by atoms with E-state index >= 15 is 0 Å². The molecule has 21 heavy (non-hydrogen) atoms. The van der Waals surface area contributed by atoms with Gasteiger partial charge in [0.05, 0.1) is 0 Å². The molecule has 0 radical (unpaired) electrons. The smallest absolute Gasteiger partial charge is 0.387 e. The summed E-state index contributed by atoms with van der Waals surface area (Å²) < 4.78 is 23.8. The van der Waals surface area contributed by atoms with E-state index in [1.54, 1.807) is 26.2 Å². The van der Waals surface area contributed by atoms with Gasteiger partial charge in [0.25, 0.3) is 0 Å². The summed E-state index contributed by atoms with van der Waals surface area (Å²) in [7, 11) is -10.2. The predicted octanol–water partition coefficient (Wildman–Crippen LogP) is 2.85. The van der Waals surface area contributed by atoms with Gasteiger partial charge in [0.1, 0.15) is 0 Å². The molecule has 12 heteroatoms. The summed E-state index contributed by atoms with van der Waals surface area (Å²) in [6.45, 7) is 16.5. The highest BCUT2D eigenvalue weighted by Gasteiger charge is 2.46. The molecular formula is C9H29IO6Si5. The third-order valence-corrected chi connectivity index (χ3v) is 20.6. The van der Waals surface area contributed by atoms with Crippen molar-refractivity contribution in [1.29, 1.82) is 0 Å². The van der Waals surface area contributed by atoms with Crippen molar-refractivity contribution in [1.82, 2.24) is 0 Å². The highest BCUT2D eigenvalue weighted by Crippen LogP contribution is 2.29. The number of hydrogen-bond donors (Lipinski definition) is 2. The molecule has 0 spiro atoms. The minimum atomic E-state index is -2.64. The Morgan fingerprint density at radius 1 is 0.571 bits per heavy atom. The predicted molar refractivity (Wildman–Crippen MR) is 104 cm³/mol. The van der Waals surface area contributed by atoms with E-state index in [-0.39, 0.29) is 0 Å². The zero-order chi connectivity index (χ0) is 17.3. The van der Waals surface area contributed by atoms with Crippen LogP contribution in [0.1, 0.15) is 0 Å². The Hall–Kier alpha value is 1.57. The maximum absolute atomic E-state index is 9.94. The third-order valence-electron chi connectivity index (χ3n) is 1.85. The summed E-state index contributed by atoms with van der Waals surface area (Å²) in [4.78, 5) is 19.9. The van der Waals surface area contributed by atoms with Gasteiger partial charge in [-0.25, -0.2) is 0 Å². The van der Waals surface area contributed by atoms with E-state index in [0.717, 1.165) is 0 Å². The second-order valence-corrected chi connectivity index (χ2v) is 29.1. The maximum Gasteiger partial charge on any atom is 0.387 e. The largest absolute Gasteiger partial charge is 0.415 e. The van der Waals surface area contributed by atoms with Crippen LogP contribution in [0.4, 0.5) is 0 Å². The number of rotatable bonds is 8. The zero-order valence-electron chi connectivity index (χ0n) is 14.4. The van der Waals surface area contributed by atoms with Gasteiger partial charge in [0.2, 0.25) is 0 Å². The molecule has 0 aromatic heterocycles. The van der Waals surface area contributed by atoms with E-state index in [1.807, 2.05) is 32.7 Å². The first kappa shape index (κ1) is 22.6. The Balaban J connectivity index is 4.83. The monoisotopic (exact) mass is 500 g/mol. The molecule has 0 saturated heterocycles. The quantitative estimate of drug-likeness (QED) is 0.303. The molecule has 0 unspecified atom stereocenters. The molecular weight excluding hydrogens is 471 g/mol. The lowest BCUT2D eigenvalue weighted by molar-refractivity contribution is 0.281. The van der Waals surface area contributed by atoms with Gasteiger partial charge >= 0.3 is 40.3 Å². The molecule has 0 aromatic carbocycles. The molecule has 0 aliphatic rings. The van der Waals surface area contributed by atoms with Crippen molar-refractivity contribution in [2.75, 3.05) is 0 Å². The van der Waals surface area contributed by atoms with Crippen molar-refractivity contribution < 1.29 is 26.1 Å². The van der Waals surface area contributed by atoms with Crippen LogP contribution in [0, 0.1) is 0 Å². The average molecular weight is 501 g/mol. The van der Waals surface area contributed by atoms with E-state index in [2.05, 4.69) is 21.8 Å². The summed E-state index contributed by atoms with van der Waals surface area (Å²) in [5.74, 6) is 0. The van der Waals surface area contributed by atoms with Crippen LogP contribution in [0.15, 0.2) is 0 Å². The van der Waals surface area contributed by atoms with Gasteiger partial charge < -0.3 is 26.1 Å². The van der Waals surface area contributed by atoms with Crippen LogP contribution in [0.25, 0.3) is 0 Å². The Kier molecular flexibility index (Phi) is 7.76. The average Bonchev–Trinajstić information content (AvgIpc) is 1.83. The molecule has 0 amide bonds. The Morgan fingerprint density at radius 2 is 0.810 bits per heavy atom. The van der Waals surface area contributed by atoms with Crippen molar-refractivity contribution in [3.63, 3.8) is 0 Å². The van der Waals surface area contributed by atoms with Crippen molar-refractivity contribution in [2.24, 2.45) is 0 Å². The first-order chi connectivity index (χ1) is 8.83. The van der Waals surface area contributed by atoms with Gasteiger partial charge in [-0.05, 0) is 58.9 Å². The highest BCUT2D eigenvalue weighted by atomic mass is 127. The summed E-state index contributed by atoms with van der Waals surface area (Å²) in [6, 6.07) is -2.51. The van der Waals surface area contributed by atoms with E-state index < -0.39 is 40.3 Å². The lowest BCUT2D eigenvalue weighted by Gasteiger charge is -2.39. The van der Waals surface area contributed by atoms with Crippen LogP contribution in [-0.4, -0.2) is 49.9 Å². The fourth-order valence-electron chi connectivity index (χ4n) is 2.14. The van der Waals surface area contributed by atoms with E-state index in [4.69, 9.17) is 16.5 Å². The van der Waals surface area contributed by atoms with Gasteiger partial charge in [0, 0.05) is 0 Å². The fourth-order valence-corrected chi connectivity index (χ4v) is 30.0. The fraction of sp³-hybridized carbons (Fsp3) is 1.00. The second-order valence-electron chi connectivity index (χ2n) is 6.94. The van der Waals surface area contributed by atoms with E-state index in [9.17, 15) is 9.59 Å². The van der Waals surface area contributed by atoms with Crippen LogP contribution in [0.3, 0.4) is 0 Å². The molecule has 0 aliphatic carbocycles. The molecule has 0 atom stereocenters. The van der Waals surface area contributed by atoms with Crippen molar-refractivity contribution >= 4 is 62.1 Å². The normalized spacial score (nSPS) is 15.4. The summed E-state index contributed by atoms with van der Waals surface area (Å²) in [5.41, 5.74) is 0. The third kappa shape index (κ3) is 12.6. The van der Waals surface area contributed by atoms with Gasteiger partial charge in [-0.1, -0.05) is 21.8 Å². The molecule has 2 N–H and O–H groups in total. The second kappa shape index (κ2) is 7.22. The Morgan fingerprint density at radius 3 is 1.00 bits per heavy atom. The van der Waals surface area contributed by atoms with Crippen LogP contribution >= 0.6 is 21.8 Å². The lowest BCUT2D eigenvalue weighted by Crippen LogP contribution is -2.57. The van der Waals surface area contributed by atoms with Crippen LogP contribution in [-0.2, 0) is 16.5 Å². The first-order valence-corrected chi connectivity index (χ1v) is 23.5. The summed E-state index contributed by atoms with van der Waals surface area (Å²) in [5, 5.41) is 0. The molecule has 0 aliphatic heterocycles. The lowest BCUT2D eigenvalue weighted by atomic mass is 11.9. The molecule has 0 heterocycles.